The fourth-order valence-corrected chi connectivity index (χ4v) is 6.03. The molecule has 2 amide bonds. The fourth-order valence-electron chi connectivity index (χ4n) is 6.03. The van der Waals surface area contributed by atoms with Crippen molar-refractivity contribution in [3.8, 4) is 0 Å². The number of aromatic amines is 1. The van der Waals surface area contributed by atoms with E-state index in [0.717, 1.165) is 25.7 Å². The molecule has 10 nitrogen and oxygen atoms in total. The van der Waals surface area contributed by atoms with Gasteiger partial charge < -0.3 is 15.2 Å². The number of amides is 2. The first-order chi connectivity index (χ1) is 19.6. The lowest BCUT2D eigenvalue weighted by Gasteiger charge is -2.39. The van der Waals surface area contributed by atoms with Crippen molar-refractivity contribution >= 4 is 23.0 Å². The summed E-state index contributed by atoms with van der Waals surface area (Å²) in [5, 5.41) is 10.6. The summed E-state index contributed by atoms with van der Waals surface area (Å²) >= 11 is 0. The molecule has 0 bridgehead atoms. The average molecular weight is 572 g/mol. The van der Waals surface area contributed by atoms with Crippen LogP contribution in [0.3, 0.4) is 0 Å². The van der Waals surface area contributed by atoms with Gasteiger partial charge in [0.05, 0.1) is 29.1 Å². The quantitative estimate of drug-likeness (QED) is 0.346. The maximum absolute atomic E-state index is 14.5. The van der Waals surface area contributed by atoms with Gasteiger partial charge in [-0.2, -0.15) is 0 Å². The van der Waals surface area contributed by atoms with Gasteiger partial charge >= 0.3 is 0 Å². The average Bonchev–Trinajstić information content (AvgIpc) is 3.86. The molecule has 2 unspecified atom stereocenters. The normalized spacial score (nSPS) is 21.3. The van der Waals surface area contributed by atoms with Crippen LogP contribution in [0.25, 0.3) is 11.2 Å². The second-order valence-corrected chi connectivity index (χ2v) is 11.6. The number of halogens is 3. The molecule has 41 heavy (non-hydrogen) atoms. The zero-order valence-corrected chi connectivity index (χ0v) is 22.7. The van der Waals surface area contributed by atoms with Gasteiger partial charge in [-0.1, -0.05) is 11.7 Å². The number of aromatic nitrogens is 5. The molecule has 1 saturated heterocycles. The van der Waals surface area contributed by atoms with Crippen molar-refractivity contribution in [3.63, 3.8) is 0 Å². The molecule has 3 aromatic heterocycles. The summed E-state index contributed by atoms with van der Waals surface area (Å²) in [5.41, 5.74) is 1.66. The van der Waals surface area contributed by atoms with Crippen molar-refractivity contribution in [2.24, 2.45) is 17.8 Å². The van der Waals surface area contributed by atoms with Crippen LogP contribution in [-0.4, -0.2) is 54.4 Å². The van der Waals surface area contributed by atoms with Gasteiger partial charge in [0.1, 0.15) is 11.5 Å². The van der Waals surface area contributed by atoms with Gasteiger partial charge in [0.25, 0.3) is 11.8 Å². The Hall–Kier alpha value is -3.77. The molecule has 218 valence electrons. The van der Waals surface area contributed by atoms with Crippen LogP contribution in [0.4, 0.5) is 13.2 Å². The highest BCUT2D eigenvalue weighted by Crippen LogP contribution is 2.54. The first-order valence-corrected chi connectivity index (χ1v) is 14.1. The number of H-pyrrole nitrogens is 1. The molecule has 0 radical (unpaired) electrons. The highest BCUT2D eigenvalue weighted by Gasteiger charge is 2.48. The molecule has 3 fully saturated rings. The summed E-state index contributed by atoms with van der Waals surface area (Å²) in [5.74, 6) is -2.81. The first kappa shape index (κ1) is 27.4. The number of fused-ring (bicyclic) bond motifs is 1. The minimum Gasteiger partial charge on any atom is -0.340 e. The zero-order valence-electron chi connectivity index (χ0n) is 22.7. The Morgan fingerprint density at radius 3 is 2.54 bits per heavy atom. The number of pyridine rings is 1. The van der Waals surface area contributed by atoms with Crippen molar-refractivity contribution in [1.82, 2.24) is 35.5 Å². The number of carbonyl (C=O) groups excluding carboxylic acids is 2. The van der Waals surface area contributed by atoms with Gasteiger partial charge in [-0.25, -0.2) is 27.8 Å². The van der Waals surface area contributed by atoms with E-state index >= 15 is 0 Å². The van der Waals surface area contributed by atoms with Crippen LogP contribution < -0.4 is 5.32 Å². The second kappa shape index (κ2) is 10.6. The Labute approximate surface area is 234 Å². The van der Waals surface area contributed by atoms with Crippen molar-refractivity contribution in [2.45, 2.75) is 76.3 Å². The van der Waals surface area contributed by atoms with Crippen molar-refractivity contribution in [2.75, 3.05) is 6.54 Å². The Morgan fingerprint density at radius 2 is 1.90 bits per heavy atom. The summed E-state index contributed by atoms with van der Waals surface area (Å²) in [6.45, 7) is 4.67. The molecule has 2 saturated carbocycles. The van der Waals surface area contributed by atoms with Crippen LogP contribution in [0.1, 0.15) is 91.2 Å². The molecule has 2 aliphatic carbocycles. The predicted molar refractivity (Wildman–Crippen MR) is 140 cm³/mol. The summed E-state index contributed by atoms with van der Waals surface area (Å²) in [6, 6.07) is 1.90. The summed E-state index contributed by atoms with van der Waals surface area (Å²) in [6.07, 6.45) is 2.96. The Bertz CT molecular complexity index is 1470. The molecule has 3 aliphatic rings. The first-order valence-electron chi connectivity index (χ1n) is 14.1. The molecule has 0 spiro atoms. The van der Waals surface area contributed by atoms with E-state index in [-0.39, 0.29) is 36.7 Å². The van der Waals surface area contributed by atoms with E-state index in [9.17, 15) is 22.8 Å². The van der Waals surface area contributed by atoms with Crippen LogP contribution in [0.15, 0.2) is 29.2 Å². The monoisotopic (exact) mass is 571 g/mol. The molecule has 3 aromatic rings. The number of allylic oxidation sites excluding steroid dienone is 1. The number of imidazole rings is 1. The van der Waals surface area contributed by atoms with Crippen LogP contribution in [-0.2, 0) is 4.79 Å². The molecule has 4 heterocycles. The fraction of sp³-hybridized carbons (Fsp3) is 0.571. The predicted octanol–water partition coefficient (Wildman–Crippen LogP) is 5.12. The largest absolute Gasteiger partial charge is 0.340 e. The number of piperidine rings is 1. The molecule has 1 aliphatic heterocycles. The second-order valence-electron chi connectivity index (χ2n) is 11.6. The third-order valence-corrected chi connectivity index (χ3v) is 8.41. The van der Waals surface area contributed by atoms with E-state index < -0.39 is 48.5 Å². The van der Waals surface area contributed by atoms with Gasteiger partial charge in [0, 0.05) is 32.2 Å². The number of aryl methyl sites for hydroxylation is 1. The maximum atomic E-state index is 14.5. The van der Waals surface area contributed by atoms with E-state index in [2.05, 4.69) is 32.2 Å². The van der Waals surface area contributed by atoms with E-state index in [1.54, 1.807) is 19.1 Å². The lowest BCUT2D eigenvalue weighted by Crippen LogP contribution is -2.45. The van der Waals surface area contributed by atoms with Crippen LogP contribution in [0.2, 0.25) is 0 Å². The number of nitrogens with zero attached hydrogens (tertiary/aromatic N) is 5. The lowest BCUT2D eigenvalue weighted by atomic mass is 9.88. The number of rotatable bonds is 10. The number of hydrogen-bond acceptors (Lipinski definition) is 7. The van der Waals surface area contributed by atoms with Crippen molar-refractivity contribution < 1.29 is 27.4 Å². The highest BCUT2D eigenvalue weighted by molar-refractivity contribution is 5.93. The van der Waals surface area contributed by atoms with Crippen molar-refractivity contribution in [3.05, 3.63) is 47.4 Å². The minimum absolute atomic E-state index is 0.108. The lowest BCUT2D eigenvalue weighted by molar-refractivity contribution is -0.143. The SMILES string of the molecule is C=C(F)CCC(=O)N1CCC(F)(F)CC1c1ccc2[nH]c(C(NC(=O)c3nonc3C)C(C3CC3)C3CC3)nc2n1. The molecular formula is C28H32F3N7O3. The summed E-state index contributed by atoms with van der Waals surface area (Å²) in [7, 11) is 0. The zero-order chi connectivity index (χ0) is 28.9. The topological polar surface area (TPSA) is 130 Å². The molecular weight excluding hydrogens is 539 g/mol. The van der Waals surface area contributed by atoms with Gasteiger partial charge in [-0.3, -0.25) is 9.59 Å². The maximum Gasteiger partial charge on any atom is 0.276 e. The van der Waals surface area contributed by atoms with E-state index in [4.69, 9.17) is 9.61 Å². The van der Waals surface area contributed by atoms with Gasteiger partial charge in [-0.05, 0) is 67.7 Å². The number of likely N-dealkylation sites (tertiary alicyclic amines) is 1. The highest BCUT2D eigenvalue weighted by atomic mass is 19.3. The van der Waals surface area contributed by atoms with Gasteiger partial charge in [0.15, 0.2) is 11.3 Å². The number of nitrogens with one attached hydrogen (secondary N) is 2. The standard InChI is InChI=1S/C28H32F3N7O3/c1-14(29)3-10-21(39)38-12-11-28(30,31)13-20(38)18-8-9-19-25(32-18)35-26(33-19)24(22(16-4-5-16)17-6-7-17)34-27(40)23-15(2)36-41-37-23/h8-9,16-17,20,22,24H,1,3-7,10-13H2,2H3,(H,34,40)(H,32,33,35). The summed E-state index contributed by atoms with van der Waals surface area (Å²) in [4.78, 5) is 40.0. The van der Waals surface area contributed by atoms with Crippen LogP contribution in [0.5, 0.6) is 0 Å². The minimum atomic E-state index is -2.97. The molecule has 0 aromatic carbocycles. The molecule has 13 heteroatoms. The van der Waals surface area contributed by atoms with Crippen LogP contribution in [0, 0.1) is 24.7 Å². The van der Waals surface area contributed by atoms with E-state index in [0.29, 0.717) is 34.5 Å². The number of carbonyl (C=O) groups is 2. The van der Waals surface area contributed by atoms with Crippen molar-refractivity contribution in [1.29, 1.82) is 0 Å². The van der Waals surface area contributed by atoms with Crippen LogP contribution >= 0.6 is 0 Å². The number of hydrogen-bond donors (Lipinski definition) is 2. The molecule has 2 atom stereocenters. The Morgan fingerprint density at radius 1 is 1.17 bits per heavy atom. The smallest absolute Gasteiger partial charge is 0.276 e. The molecule has 2 N–H and O–H groups in total. The third kappa shape index (κ3) is 5.84. The third-order valence-electron chi connectivity index (χ3n) is 8.41. The van der Waals surface area contributed by atoms with E-state index in [1.807, 2.05) is 0 Å². The number of alkyl halides is 2. The van der Waals surface area contributed by atoms with Gasteiger partial charge in [-0.15, -0.1) is 0 Å². The van der Waals surface area contributed by atoms with Gasteiger partial charge in [0.2, 0.25) is 5.91 Å². The Balaban J connectivity index is 1.32. The van der Waals surface area contributed by atoms with E-state index in [1.165, 1.54) is 4.90 Å². The summed E-state index contributed by atoms with van der Waals surface area (Å²) < 4.78 is 47.0. The Kier molecular flexibility index (Phi) is 7.06. The molecule has 6 rings (SSSR count).